The summed E-state index contributed by atoms with van der Waals surface area (Å²) >= 11 is 9.42. The Hall–Kier alpha value is -0.343. The monoisotopic (exact) mass is 317 g/mol. The van der Waals surface area contributed by atoms with Crippen LogP contribution in [-0.2, 0) is 4.43 Å². The Morgan fingerprint density at radius 1 is 1.44 bits per heavy atom. The van der Waals surface area contributed by atoms with E-state index in [9.17, 15) is 0 Å². The van der Waals surface area contributed by atoms with Crippen LogP contribution in [-0.4, -0.2) is 8.32 Å². The van der Waals surface area contributed by atoms with Gasteiger partial charge in [-0.25, -0.2) is 0 Å². The van der Waals surface area contributed by atoms with Crippen molar-refractivity contribution >= 4 is 35.8 Å². The van der Waals surface area contributed by atoms with Gasteiger partial charge in [0.15, 0.2) is 14.4 Å². The summed E-state index contributed by atoms with van der Waals surface area (Å²) in [7, 11) is -1.75. The Kier molecular flexibility index (Phi) is 4.57. The molecule has 0 amide bonds. The van der Waals surface area contributed by atoms with Crippen molar-refractivity contribution in [1.29, 1.82) is 5.26 Å². The van der Waals surface area contributed by atoms with Gasteiger partial charge < -0.3 is 4.43 Å². The summed E-state index contributed by atoms with van der Waals surface area (Å²) in [6, 6.07) is 7.60. The molecule has 1 atom stereocenters. The van der Waals surface area contributed by atoms with E-state index in [2.05, 4.69) is 22.0 Å². The fourth-order valence-electron chi connectivity index (χ4n) is 1.23. The van der Waals surface area contributed by atoms with Crippen LogP contribution >= 0.6 is 27.5 Å². The van der Waals surface area contributed by atoms with Crippen LogP contribution in [0.5, 0.6) is 0 Å². The molecule has 0 aliphatic carbocycles. The summed E-state index contributed by atoms with van der Waals surface area (Å²) in [5, 5.41) is 9.67. The highest BCUT2D eigenvalue weighted by atomic mass is 79.9. The first kappa shape index (κ1) is 13.7. The van der Waals surface area contributed by atoms with Gasteiger partial charge in [0.25, 0.3) is 0 Å². The Bertz CT molecular complexity index is 425. The minimum absolute atomic E-state index is 0.555. The largest absolute Gasteiger partial charge is 0.399 e. The lowest BCUT2D eigenvalue weighted by atomic mass is 10.1. The molecule has 2 nitrogen and oxygen atoms in total. The average Bonchev–Trinajstić information content (AvgIpc) is 2.13. The molecule has 1 rings (SSSR count). The fourth-order valence-corrected chi connectivity index (χ4v) is 2.89. The van der Waals surface area contributed by atoms with E-state index in [0.29, 0.717) is 5.02 Å². The van der Waals surface area contributed by atoms with E-state index in [4.69, 9.17) is 21.3 Å². The summed E-state index contributed by atoms with van der Waals surface area (Å²) in [4.78, 5) is 0. The van der Waals surface area contributed by atoms with Crippen LogP contribution in [0, 0.1) is 11.3 Å². The number of nitrogens with zero attached hydrogens (tertiary/aromatic N) is 1. The maximum absolute atomic E-state index is 9.11. The molecule has 0 aliphatic rings. The summed E-state index contributed by atoms with van der Waals surface area (Å²) in [6.07, 6.45) is -0.577. The lowest BCUT2D eigenvalue weighted by molar-refractivity contribution is 0.255. The number of rotatable bonds is 3. The second-order valence-corrected chi connectivity index (χ2v) is 10.2. The van der Waals surface area contributed by atoms with Crippen LogP contribution in [0.1, 0.15) is 11.7 Å². The molecule has 16 heavy (non-hydrogen) atoms. The molecule has 0 heterocycles. The molecule has 0 N–H and O–H groups in total. The Morgan fingerprint density at radius 3 is 2.50 bits per heavy atom. The van der Waals surface area contributed by atoms with Gasteiger partial charge in [-0.3, -0.25) is 0 Å². The molecular weight excluding hydrogens is 306 g/mol. The average molecular weight is 319 g/mol. The van der Waals surface area contributed by atoms with Gasteiger partial charge in [-0.1, -0.05) is 33.6 Å². The van der Waals surface area contributed by atoms with Gasteiger partial charge in [0, 0.05) is 15.1 Å². The van der Waals surface area contributed by atoms with Crippen LogP contribution in [0.4, 0.5) is 0 Å². The van der Waals surface area contributed by atoms with E-state index in [0.717, 1.165) is 10.0 Å². The highest BCUT2D eigenvalue weighted by molar-refractivity contribution is 9.10. The van der Waals surface area contributed by atoms with Crippen molar-refractivity contribution < 1.29 is 4.43 Å². The molecule has 0 radical (unpaired) electrons. The summed E-state index contributed by atoms with van der Waals surface area (Å²) < 4.78 is 6.67. The maximum Gasteiger partial charge on any atom is 0.186 e. The molecule has 1 aromatic carbocycles. The predicted molar refractivity (Wildman–Crippen MR) is 71.9 cm³/mol. The molecule has 86 valence electrons. The number of nitriles is 1. The number of hydrogen-bond donors (Lipinski definition) is 0. The third kappa shape index (κ3) is 3.91. The van der Waals surface area contributed by atoms with E-state index in [1.54, 1.807) is 6.07 Å². The lowest BCUT2D eigenvalue weighted by Crippen LogP contribution is -2.27. The molecular formula is C11H13BrClNOSi. The van der Waals surface area contributed by atoms with E-state index >= 15 is 0 Å². The molecule has 0 fully saturated rings. The van der Waals surface area contributed by atoms with Crippen LogP contribution < -0.4 is 0 Å². The zero-order chi connectivity index (χ0) is 12.3. The van der Waals surface area contributed by atoms with Crippen LogP contribution in [0.3, 0.4) is 0 Å². The second-order valence-electron chi connectivity index (χ2n) is 4.41. The number of benzene rings is 1. The molecule has 0 bridgehead atoms. The highest BCUT2D eigenvalue weighted by Crippen LogP contribution is 2.30. The minimum Gasteiger partial charge on any atom is -0.399 e. The number of hydrogen-bond acceptors (Lipinski definition) is 2. The van der Waals surface area contributed by atoms with Crippen molar-refractivity contribution in [3.8, 4) is 6.07 Å². The molecule has 0 saturated carbocycles. The molecule has 5 heteroatoms. The third-order valence-corrected chi connectivity index (χ3v) is 3.60. The standard InChI is InChI=1S/C11H13BrClNOSi/c1-16(2,3)15-11(7-14)9-5-4-8(12)6-10(9)13/h4-6,11H,1-3H3. The lowest BCUT2D eigenvalue weighted by Gasteiger charge is -2.22. The third-order valence-electron chi connectivity index (χ3n) is 1.83. The SMILES string of the molecule is C[Si](C)(C)OC(C#N)c1ccc(Br)cc1Cl. The van der Waals surface area contributed by atoms with E-state index in [1.807, 2.05) is 31.8 Å². The Balaban J connectivity index is 3.01. The van der Waals surface area contributed by atoms with Crippen molar-refractivity contribution in [2.45, 2.75) is 25.7 Å². The molecule has 1 aromatic rings. The van der Waals surface area contributed by atoms with Gasteiger partial charge in [-0.05, 0) is 31.8 Å². The molecule has 0 saturated heterocycles. The normalized spacial score (nSPS) is 13.2. The summed E-state index contributed by atoms with van der Waals surface area (Å²) in [5.41, 5.74) is 0.731. The molecule has 1 unspecified atom stereocenters. The fraction of sp³-hybridized carbons (Fsp3) is 0.364. The number of halogens is 2. The predicted octanol–water partition coefficient (Wildman–Crippen LogP) is 4.52. The topological polar surface area (TPSA) is 33.0 Å². The van der Waals surface area contributed by atoms with Gasteiger partial charge in [-0.2, -0.15) is 5.26 Å². The van der Waals surface area contributed by atoms with Crippen molar-refractivity contribution in [3.05, 3.63) is 33.3 Å². The van der Waals surface area contributed by atoms with Crippen LogP contribution in [0.25, 0.3) is 0 Å². The van der Waals surface area contributed by atoms with Gasteiger partial charge in [0.05, 0.1) is 6.07 Å². The van der Waals surface area contributed by atoms with Crippen molar-refractivity contribution in [2.75, 3.05) is 0 Å². The minimum atomic E-state index is -1.75. The van der Waals surface area contributed by atoms with Gasteiger partial charge in [0.2, 0.25) is 0 Å². The first-order chi connectivity index (χ1) is 7.33. The quantitative estimate of drug-likeness (QED) is 0.768. The van der Waals surface area contributed by atoms with Gasteiger partial charge >= 0.3 is 0 Å². The second kappa shape index (κ2) is 5.33. The van der Waals surface area contributed by atoms with E-state index in [1.165, 1.54) is 0 Å². The maximum atomic E-state index is 9.11. The first-order valence-electron chi connectivity index (χ1n) is 4.86. The van der Waals surface area contributed by atoms with Crippen LogP contribution in [0.2, 0.25) is 24.7 Å². The van der Waals surface area contributed by atoms with Crippen LogP contribution in [0.15, 0.2) is 22.7 Å². The van der Waals surface area contributed by atoms with E-state index < -0.39 is 14.4 Å². The van der Waals surface area contributed by atoms with Gasteiger partial charge in [0.1, 0.15) is 0 Å². The Labute approximate surface area is 110 Å². The first-order valence-corrected chi connectivity index (χ1v) is 9.44. The van der Waals surface area contributed by atoms with Crippen molar-refractivity contribution in [1.82, 2.24) is 0 Å². The Morgan fingerprint density at radius 2 is 2.06 bits per heavy atom. The highest BCUT2D eigenvalue weighted by Gasteiger charge is 2.23. The molecule has 0 spiro atoms. The van der Waals surface area contributed by atoms with Crippen molar-refractivity contribution in [2.24, 2.45) is 0 Å². The zero-order valence-electron chi connectivity index (χ0n) is 9.42. The summed E-state index contributed by atoms with van der Waals surface area (Å²) in [6.45, 7) is 6.14. The molecule has 0 aromatic heterocycles. The zero-order valence-corrected chi connectivity index (χ0v) is 12.8. The van der Waals surface area contributed by atoms with Gasteiger partial charge in [-0.15, -0.1) is 0 Å². The van der Waals surface area contributed by atoms with E-state index in [-0.39, 0.29) is 0 Å². The molecule has 0 aliphatic heterocycles. The van der Waals surface area contributed by atoms with Crippen molar-refractivity contribution in [3.63, 3.8) is 0 Å². The summed E-state index contributed by atoms with van der Waals surface area (Å²) in [5.74, 6) is 0. The smallest absolute Gasteiger partial charge is 0.186 e.